The lowest BCUT2D eigenvalue weighted by Gasteiger charge is -2.40. The predicted octanol–water partition coefficient (Wildman–Crippen LogP) is 3.82. The number of amides is 1. The zero-order valence-electron chi connectivity index (χ0n) is 19.0. The maximum atomic E-state index is 13.2. The van der Waals surface area contributed by atoms with E-state index in [1.54, 1.807) is 4.90 Å². The fourth-order valence-corrected chi connectivity index (χ4v) is 5.60. The molecule has 1 amide bonds. The molecule has 0 unspecified atom stereocenters. The minimum Gasteiger partial charge on any atom is -0.501 e. The van der Waals surface area contributed by atoms with Gasteiger partial charge in [-0.2, -0.15) is 4.98 Å². The van der Waals surface area contributed by atoms with Crippen LogP contribution in [0, 0.1) is 0 Å². The zero-order chi connectivity index (χ0) is 22.3. The van der Waals surface area contributed by atoms with Gasteiger partial charge in [0.05, 0.1) is 0 Å². The van der Waals surface area contributed by atoms with Crippen LogP contribution in [0.1, 0.15) is 80.8 Å². The molecule has 1 fully saturated rings. The number of carbonyl (C=O) groups is 1. The van der Waals surface area contributed by atoms with Crippen LogP contribution in [0.3, 0.4) is 0 Å². The number of fused-ring (bicyclic) bond motifs is 1. The number of benzene rings is 1. The van der Waals surface area contributed by atoms with Gasteiger partial charge in [-0.3, -0.25) is 9.59 Å². The third-order valence-corrected chi connectivity index (χ3v) is 7.16. The highest BCUT2D eigenvalue weighted by molar-refractivity contribution is 5.96. The summed E-state index contributed by atoms with van der Waals surface area (Å²) in [6.45, 7) is 8.60. The number of carbonyl (C=O) groups excluding carboxylic acids is 1. The molecule has 1 saturated carbocycles. The molecule has 0 spiro atoms. The Morgan fingerprint density at radius 3 is 2.58 bits per heavy atom. The number of aromatic nitrogens is 2. The second kappa shape index (κ2) is 8.13. The number of nitrogens with zero attached hydrogens (tertiary/aromatic N) is 3. The van der Waals surface area contributed by atoms with E-state index in [1.165, 1.54) is 11.1 Å². The second-order valence-corrected chi connectivity index (χ2v) is 9.51. The first-order valence-corrected chi connectivity index (χ1v) is 11.5. The van der Waals surface area contributed by atoms with Crippen molar-refractivity contribution in [1.29, 1.82) is 0 Å². The molecule has 6 nitrogen and oxygen atoms in total. The van der Waals surface area contributed by atoms with Gasteiger partial charge in [-0.1, -0.05) is 44.0 Å². The molecule has 0 saturated heterocycles. The van der Waals surface area contributed by atoms with Crippen molar-refractivity contribution in [2.75, 3.05) is 0 Å². The predicted molar refractivity (Wildman–Crippen MR) is 121 cm³/mol. The monoisotopic (exact) mass is 423 g/mol. The van der Waals surface area contributed by atoms with Gasteiger partial charge in [-0.15, -0.1) is 0 Å². The SMILES string of the molecule is CCc1cccc(C2(Cc3nc(=O)c(O)c4n3C[C@H](C)N(C(C)C)C4=O)CCCC2)c1. The Balaban J connectivity index is 1.83. The van der Waals surface area contributed by atoms with Gasteiger partial charge in [0.25, 0.3) is 5.91 Å². The van der Waals surface area contributed by atoms with Crippen molar-refractivity contribution < 1.29 is 9.90 Å². The van der Waals surface area contributed by atoms with Gasteiger partial charge in [0.1, 0.15) is 5.82 Å². The first-order chi connectivity index (χ1) is 14.8. The summed E-state index contributed by atoms with van der Waals surface area (Å²) in [5.41, 5.74) is 1.89. The Hall–Kier alpha value is -2.63. The molecule has 31 heavy (non-hydrogen) atoms. The van der Waals surface area contributed by atoms with E-state index < -0.39 is 11.3 Å². The molecule has 0 bridgehead atoms. The lowest BCUT2D eigenvalue weighted by molar-refractivity contribution is 0.0523. The van der Waals surface area contributed by atoms with E-state index in [9.17, 15) is 14.7 Å². The number of aryl methyl sites for hydroxylation is 1. The van der Waals surface area contributed by atoms with Gasteiger partial charge in [-0.05, 0) is 51.2 Å². The molecule has 4 rings (SSSR count). The summed E-state index contributed by atoms with van der Waals surface area (Å²) in [6, 6.07) is 8.69. The van der Waals surface area contributed by atoms with Crippen LogP contribution >= 0.6 is 0 Å². The van der Waals surface area contributed by atoms with Crippen LogP contribution in [0.2, 0.25) is 0 Å². The molecule has 1 aliphatic heterocycles. The van der Waals surface area contributed by atoms with Crippen molar-refractivity contribution in [3.8, 4) is 5.75 Å². The third-order valence-electron chi connectivity index (χ3n) is 7.16. The van der Waals surface area contributed by atoms with Gasteiger partial charge in [0.15, 0.2) is 5.69 Å². The summed E-state index contributed by atoms with van der Waals surface area (Å²) in [6.07, 6.45) is 5.93. The van der Waals surface area contributed by atoms with E-state index in [0.29, 0.717) is 18.8 Å². The van der Waals surface area contributed by atoms with E-state index >= 15 is 0 Å². The second-order valence-electron chi connectivity index (χ2n) is 9.51. The van der Waals surface area contributed by atoms with Crippen LogP contribution in [0.15, 0.2) is 29.1 Å². The van der Waals surface area contributed by atoms with Gasteiger partial charge in [0.2, 0.25) is 5.75 Å². The zero-order valence-corrected chi connectivity index (χ0v) is 19.0. The Bertz CT molecular complexity index is 1050. The first kappa shape index (κ1) is 21.6. The standard InChI is InChI=1S/C25H33N3O3/c1-5-18-9-8-10-19(13-18)25(11-6-7-12-25)14-20-26-23(30)22(29)21-24(31)28(16(2)3)17(4)15-27(20)21/h8-10,13,16-17,29H,5-7,11-12,14-15H2,1-4H3/t17-/m0/s1. The summed E-state index contributed by atoms with van der Waals surface area (Å²) in [5.74, 6) is -0.203. The van der Waals surface area contributed by atoms with Crippen molar-refractivity contribution in [3.05, 3.63) is 57.3 Å². The highest BCUT2D eigenvalue weighted by atomic mass is 16.3. The fraction of sp³-hybridized carbons (Fsp3) is 0.560. The molecule has 1 atom stereocenters. The van der Waals surface area contributed by atoms with Crippen LogP contribution in [0.4, 0.5) is 0 Å². The number of hydrogen-bond donors (Lipinski definition) is 1. The van der Waals surface area contributed by atoms with Crippen molar-refractivity contribution in [2.24, 2.45) is 0 Å². The van der Waals surface area contributed by atoms with E-state index in [2.05, 4.69) is 36.2 Å². The Morgan fingerprint density at radius 1 is 1.23 bits per heavy atom. The Morgan fingerprint density at radius 2 is 1.94 bits per heavy atom. The largest absolute Gasteiger partial charge is 0.501 e. The van der Waals surface area contributed by atoms with Crippen LogP contribution in [-0.2, 0) is 24.8 Å². The third kappa shape index (κ3) is 3.66. The van der Waals surface area contributed by atoms with Crippen molar-refractivity contribution in [3.63, 3.8) is 0 Å². The molecule has 1 aliphatic carbocycles. The van der Waals surface area contributed by atoms with Crippen molar-refractivity contribution in [1.82, 2.24) is 14.5 Å². The van der Waals surface area contributed by atoms with Gasteiger partial charge < -0.3 is 14.6 Å². The van der Waals surface area contributed by atoms with E-state index in [-0.39, 0.29) is 29.1 Å². The average molecular weight is 424 g/mol. The molecule has 2 aliphatic rings. The molecule has 1 N–H and O–H groups in total. The van der Waals surface area contributed by atoms with Crippen molar-refractivity contribution in [2.45, 2.75) is 90.3 Å². The molecule has 6 heteroatoms. The van der Waals surface area contributed by atoms with Crippen LogP contribution in [0.25, 0.3) is 0 Å². The maximum Gasteiger partial charge on any atom is 0.315 e. The lowest BCUT2D eigenvalue weighted by Crippen LogP contribution is -2.51. The summed E-state index contributed by atoms with van der Waals surface area (Å²) in [4.78, 5) is 31.9. The molecular weight excluding hydrogens is 390 g/mol. The van der Waals surface area contributed by atoms with Crippen molar-refractivity contribution >= 4 is 5.91 Å². The minimum absolute atomic E-state index is 0.0136. The molecular formula is C25H33N3O3. The molecule has 2 aromatic rings. The first-order valence-electron chi connectivity index (χ1n) is 11.5. The summed E-state index contributed by atoms with van der Waals surface area (Å²) in [5, 5.41) is 10.5. The summed E-state index contributed by atoms with van der Waals surface area (Å²) < 4.78 is 1.81. The van der Waals surface area contributed by atoms with E-state index in [4.69, 9.17) is 0 Å². The number of hydrogen-bond acceptors (Lipinski definition) is 4. The normalized spacial score (nSPS) is 20.4. The number of rotatable bonds is 5. The van der Waals surface area contributed by atoms with Crippen LogP contribution in [-0.4, -0.2) is 37.5 Å². The van der Waals surface area contributed by atoms with E-state index in [0.717, 1.165) is 32.1 Å². The van der Waals surface area contributed by atoms with E-state index in [1.807, 2.05) is 25.3 Å². The highest BCUT2D eigenvalue weighted by Crippen LogP contribution is 2.44. The maximum absolute atomic E-state index is 13.2. The molecule has 1 aromatic carbocycles. The molecule has 0 radical (unpaired) electrons. The summed E-state index contributed by atoms with van der Waals surface area (Å²) >= 11 is 0. The Labute approximate surface area is 183 Å². The topological polar surface area (TPSA) is 75.4 Å². The lowest BCUT2D eigenvalue weighted by atomic mass is 9.75. The summed E-state index contributed by atoms with van der Waals surface area (Å²) in [7, 11) is 0. The average Bonchev–Trinajstić information content (AvgIpc) is 3.21. The quantitative estimate of drug-likeness (QED) is 0.793. The minimum atomic E-state index is -0.705. The van der Waals surface area contributed by atoms with Gasteiger partial charge >= 0.3 is 5.56 Å². The smallest absolute Gasteiger partial charge is 0.315 e. The molecule has 2 heterocycles. The number of aromatic hydroxyl groups is 1. The molecule has 166 valence electrons. The highest BCUT2D eigenvalue weighted by Gasteiger charge is 2.40. The molecule has 1 aromatic heterocycles. The van der Waals surface area contributed by atoms with Crippen LogP contribution in [0.5, 0.6) is 5.75 Å². The van der Waals surface area contributed by atoms with Gasteiger partial charge in [0, 0.05) is 30.5 Å². The Kier molecular flexibility index (Phi) is 5.67. The fourth-order valence-electron chi connectivity index (χ4n) is 5.60. The van der Waals surface area contributed by atoms with Gasteiger partial charge in [-0.25, -0.2) is 0 Å². The van der Waals surface area contributed by atoms with Crippen LogP contribution < -0.4 is 5.56 Å².